The Hall–Kier alpha value is -1.94. The highest BCUT2D eigenvalue weighted by atomic mass is 79.9. The summed E-state index contributed by atoms with van der Waals surface area (Å²) in [6, 6.07) is 8.56. The summed E-state index contributed by atoms with van der Waals surface area (Å²) >= 11 is 4.89. The van der Waals surface area contributed by atoms with Gasteiger partial charge < -0.3 is 25.2 Å². The second-order valence-corrected chi connectivity index (χ2v) is 10.0. The number of carbonyl (C=O) groups is 2. The summed E-state index contributed by atoms with van der Waals surface area (Å²) in [4.78, 5) is 24.9. The first-order valence-electron chi connectivity index (χ1n) is 10.4. The first kappa shape index (κ1) is 26.3. The number of rotatable bonds is 7. The van der Waals surface area contributed by atoms with Crippen molar-refractivity contribution < 1.29 is 24.2 Å². The Morgan fingerprint density at radius 2 is 2.00 bits per heavy atom. The van der Waals surface area contributed by atoms with Crippen molar-refractivity contribution in [3.63, 3.8) is 0 Å². The number of hydrogen-bond acceptors (Lipinski definition) is 8. The minimum absolute atomic E-state index is 0.260. The molecule has 1 saturated heterocycles. The van der Waals surface area contributed by atoms with E-state index < -0.39 is 11.6 Å². The molecular weight excluding hydrogens is 496 g/mol. The fraction of sp³-hybridized carbons (Fsp3) is 0.478. The predicted octanol–water partition coefficient (Wildman–Crippen LogP) is 4.48. The molecule has 2 aromatic rings. The molecule has 3 N–H and O–H groups in total. The van der Waals surface area contributed by atoms with Crippen LogP contribution in [-0.4, -0.2) is 55.8 Å². The van der Waals surface area contributed by atoms with Gasteiger partial charge in [-0.3, -0.25) is 4.79 Å². The van der Waals surface area contributed by atoms with Crippen LogP contribution >= 0.6 is 27.3 Å². The molecular formula is C23H31BrN2O5S. The number of thiophene rings is 1. The first-order chi connectivity index (χ1) is 15.3. The number of esters is 1. The van der Waals surface area contributed by atoms with E-state index in [4.69, 9.17) is 14.6 Å². The number of aldehydes is 1. The van der Waals surface area contributed by atoms with Gasteiger partial charge in [-0.05, 0) is 80.3 Å². The van der Waals surface area contributed by atoms with E-state index in [9.17, 15) is 9.59 Å². The third-order valence-corrected chi connectivity index (χ3v) is 6.70. The summed E-state index contributed by atoms with van der Waals surface area (Å²) in [6.07, 6.45) is 2.93. The van der Waals surface area contributed by atoms with Gasteiger partial charge in [-0.15, -0.1) is 11.3 Å². The van der Waals surface area contributed by atoms with Crippen LogP contribution in [0.1, 0.15) is 43.3 Å². The van der Waals surface area contributed by atoms with Crippen molar-refractivity contribution in [1.82, 2.24) is 5.32 Å². The van der Waals surface area contributed by atoms with Crippen molar-refractivity contribution in [2.45, 2.75) is 45.3 Å². The highest BCUT2D eigenvalue weighted by Crippen LogP contribution is 2.45. The minimum Gasteiger partial charge on any atom is -0.479 e. The number of aliphatic hydroxyl groups is 1. The van der Waals surface area contributed by atoms with Gasteiger partial charge in [-0.2, -0.15) is 0 Å². The molecule has 9 heteroatoms. The molecule has 7 nitrogen and oxygen atoms in total. The van der Waals surface area contributed by atoms with Crippen LogP contribution in [0.3, 0.4) is 0 Å². The standard InChI is InChI=1S/C22H27BrN2O4S.CH4O/c1-22(2,3)29-18(27)13-28-20-17(12-26)30-21(19(20)23)14-5-4-6-16(11-14)25-15-7-9-24-10-8-15;1-2/h4-6,11-12,15,24-25H,7-10,13H2,1-3H3;2H,1H3. The largest absolute Gasteiger partial charge is 0.479 e. The van der Waals surface area contributed by atoms with Gasteiger partial charge in [-0.25, -0.2) is 4.79 Å². The van der Waals surface area contributed by atoms with Gasteiger partial charge in [0.2, 0.25) is 0 Å². The van der Waals surface area contributed by atoms with Crippen molar-refractivity contribution in [2.75, 3.05) is 32.1 Å². The monoisotopic (exact) mass is 526 g/mol. The number of benzene rings is 1. The zero-order valence-corrected chi connectivity index (χ0v) is 21.3. The molecule has 176 valence electrons. The number of halogens is 1. The molecule has 1 aliphatic heterocycles. The van der Waals surface area contributed by atoms with Crippen LogP contribution in [0, 0.1) is 0 Å². The summed E-state index contributed by atoms with van der Waals surface area (Å²) in [5.41, 5.74) is 1.43. The summed E-state index contributed by atoms with van der Waals surface area (Å²) < 4.78 is 11.6. The van der Waals surface area contributed by atoms with E-state index >= 15 is 0 Å². The van der Waals surface area contributed by atoms with Crippen LogP contribution in [-0.2, 0) is 9.53 Å². The highest BCUT2D eigenvalue weighted by molar-refractivity contribution is 9.10. The quantitative estimate of drug-likeness (QED) is 0.361. The number of carbonyl (C=O) groups excluding carboxylic acids is 2. The lowest BCUT2D eigenvalue weighted by Crippen LogP contribution is -2.35. The van der Waals surface area contributed by atoms with Crippen LogP contribution < -0.4 is 15.4 Å². The zero-order chi connectivity index (χ0) is 23.7. The van der Waals surface area contributed by atoms with Crippen molar-refractivity contribution in [3.8, 4) is 16.2 Å². The van der Waals surface area contributed by atoms with Gasteiger partial charge in [0.15, 0.2) is 18.6 Å². The van der Waals surface area contributed by atoms with E-state index in [1.165, 1.54) is 11.3 Å². The number of ether oxygens (including phenoxy) is 2. The SMILES string of the molecule is CC(C)(C)OC(=O)COc1c(C=O)sc(-c2cccc(NC3CCNCC3)c2)c1Br.CO. The van der Waals surface area contributed by atoms with Crippen LogP contribution in [0.5, 0.6) is 5.75 Å². The molecule has 0 aliphatic carbocycles. The molecule has 1 fully saturated rings. The average Bonchev–Trinajstić information content (AvgIpc) is 3.09. The maximum atomic E-state index is 12.0. The van der Waals surface area contributed by atoms with Gasteiger partial charge in [0.1, 0.15) is 10.5 Å². The van der Waals surface area contributed by atoms with Gasteiger partial charge in [-0.1, -0.05) is 12.1 Å². The normalized spacial score (nSPS) is 14.2. The van der Waals surface area contributed by atoms with Gasteiger partial charge >= 0.3 is 5.97 Å². The third kappa shape index (κ3) is 7.58. The van der Waals surface area contributed by atoms with Crippen LogP contribution in [0.2, 0.25) is 0 Å². The van der Waals surface area contributed by atoms with Crippen LogP contribution in [0.25, 0.3) is 10.4 Å². The fourth-order valence-electron chi connectivity index (χ4n) is 3.26. The Kier molecular flexibility index (Phi) is 10.1. The number of anilines is 1. The number of nitrogens with one attached hydrogen (secondary N) is 2. The first-order valence-corrected chi connectivity index (χ1v) is 12.0. The summed E-state index contributed by atoms with van der Waals surface area (Å²) in [7, 11) is 1.00. The second kappa shape index (κ2) is 12.3. The van der Waals surface area contributed by atoms with E-state index in [0.29, 0.717) is 21.1 Å². The summed E-state index contributed by atoms with van der Waals surface area (Å²) in [5, 5.41) is 14.0. The highest BCUT2D eigenvalue weighted by Gasteiger charge is 2.22. The topological polar surface area (TPSA) is 96.9 Å². The van der Waals surface area contributed by atoms with E-state index in [2.05, 4.69) is 32.6 Å². The van der Waals surface area contributed by atoms with E-state index in [1.54, 1.807) is 20.8 Å². The van der Waals surface area contributed by atoms with Gasteiger partial charge in [0.05, 0.1) is 9.35 Å². The van der Waals surface area contributed by atoms with Crippen molar-refractivity contribution in [2.24, 2.45) is 0 Å². The van der Waals surface area contributed by atoms with Gasteiger partial charge in [0.25, 0.3) is 0 Å². The Morgan fingerprint density at radius 3 is 2.62 bits per heavy atom. The predicted molar refractivity (Wildman–Crippen MR) is 132 cm³/mol. The molecule has 0 bridgehead atoms. The smallest absolute Gasteiger partial charge is 0.344 e. The van der Waals surface area contributed by atoms with Crippen LogP contribution in [0.4, 0.5) is 5.69 Å². The molecule has 0 spiro atoms. The lowest BCUT2D eigenvalue weighted by atomic mass is 10.1. The number of hydrogen-bond donors (Lipinski definition) is 3. The molecule has 1 aromatic heterocycles. The molecule has 0 amide bonds. The minimum atomic E-state index is -0.590. The fourth-order valence-corrected chi connectivity index (χ4v) is 5.14. The molecule has 0 radical (unpaired) electrons. The van der Waals surface area contributed by atoms with E-state index in [1.807, 2.05) is 18.2 Å². The second-order valence-electron chi connectivity index (χ2n) is 8.18. The molecule has 3 rings (SSSR count). The average molecular weight is 527 g/mol. The Labute approximate surface area is 201 Å². The Bertz CT molecular complexity index is 904. The molecule has 2 heterocycles. The summed E-state index contributed by atoms with van der Waals surface area (Å²) in [6.45, 7) is 7.18. The maximum Gasteiger partial charge on any atom is 0.344 e. The Balaban J connectivity index is 0.00000176. The molecule has 1 aliphatic rings. The molecule has 0 unspecified atom stereocenters. The van der Waals surface area contributed by atoms with Crippen molar-refractivity contribution >= 4 is 45.2 Å². The van der Waals surface area contributed by atoms with Gasteiger partial charge in [0, 0.05) is 18.8 Å². The third-order valence-electron chi connectivity index (χ3n) is 4.53. The molecule has 0 saturated carbocycles. The molecule has 32 heavy (non-hydrogen) atoms. The van der Waals surface area contributed by atoms with E-state index in [-0.39, 0.29) is 6.61 Å². The number of aliphatic hydroxyl groups excluding tert-OH is 1. The van der Waals surface area contributed by atoms with Crippen LogP contribution in [0.15, 0.2) is 28.7 Å². The zero-order valence-electron chi connectivity index (χ0n) is 18.9. The van der Waals surface area contributed by atoms with E-state index in [0.717, 1.165) is 55.5 Å². The van der Waals surface area contributed by atoms with Crippen molar-refractivity contribution in [1.29, 1.82) is 0 Å². The molecule has 0 atom stereocenters. The Morgan fingerprint density at radius 1 is 1.31 bits per heavy atom. The lowest BCUT2D eigenvalue weighted by molar-refractivity contribution is -0.157. The molecule has 1 aromatic carbocycles. The van der Waals surface area contributed by atoms with Crippen molar-refractivity contribution in [3.05, 3.63) is 33.6 Å². The maximum absolute atomic E-state index is 12.0. The number of piperidine rings is 1. The summed E-state index contributed by atoms with van der Waals surface area (Å²) in [5.74, 6) is -0.111. The lowest BCUT2D eigenvalue weighted by Gasteiger charge is -2.24.